The second-order valence-corrected chi connectivity index (χ2v) is 3.66. The SMILES string of the molecule is C=NC(=O)C(O)[C@@H](O)[C@@H](O)[C@H](O)C(=O)NCCC. The van der Waals surface area contributed by atoms with Gasteiger partial charge in [-0.25, -0.2) is 4.99 Å². The highest BCUT2D eigenvalue weighted by Crippen LogP contribution is 2.07. The van der Waals surface area contributed by atoms with Gasteiger partial charge in [-0.15, -0.1) is 0 Å². The van der Waals surface area contributed by atoms with Crippen LogP contribution in [0.5, 0.6) is 0 Å². The second kappa shape index (κ2) is 7.88. The lowest BCUT2D eigenvalue weighted by Crippen LogP contribution is -2.52. The van der Waals surface area contributed by atoms with Crippen LogP contribution in [0.4, 0.5) is 0 Å². The first kappa shape index (κ1) is 16.6. The van der Waals surface area contributed by atoms with Crippen LogP contribution >= 0.6 is 0 Å². The van der Waals surface area contributed by atoms with Crippen molar-refractivity contribution >= 4 is 18.5 Å². The Balaban J connectivity index is 4.52. The van der Waals surface area contributed by atoms with Crippen LogP contribution in [0.15, 0.2) is 4.99 Å². The molecule has 1 unspecified atom stereocenters. The highest BCUT2D eigenvalue weighted by atomic mass is 16.4. The van der Waals surface area contributed by atoms with E-state index < -0.39 is 36.2 Å². The summed E-state index contributed by atoms with van der Waals surface area (Å²) in [6, 6.07) is 0. The number of carbonyl (C=O) groups is 2. The van der Waals surface area contributed by atoms with Crippen molar-refractivity contribution in [3.63, 3.8) is 0 Å². The lowest BCUT2D eigenvalue weighted by Gasteiger charge is -2.24. The molecule has 0 saturated carbocycles. The lowest BCUT2D eigenvalue weighted by molar-refractivity contribution is -0.153. The van der Waals surface area contributed by atoms with Gasteiger partial charge in [-0.1, -0.05) is 6.92 Å². The number of rotatable bonds is 7. The van der Waals surface area contributed by atoms with Gasteiger partial charge in [0.1, 0.15) is 12.2 Å². The molecule has 0 aliphatic carbocycles. The predicted molar refractivity (Wildman–Crippen MR) is 61.9 cm³/mol. The minimum absolute atomic E-state index is 0.286. The van der Waals surface area contributed by atoms with Crippen molar-refractivity contribution in [1.82, 2.24) is 5.32 Å². The standard InChI is InChI=1S/C10H18N2O6/c1-3-4-12-10(18)8(16)6(14)5(13)7(15)9(17)11-2/h5-8,13-16H,2-4H2,1H3,(H,12,18)/t5-,6+,7?,8-/m0/s1. The second-order valence-electron chi connectivity index (χ2n) is 3.66. The Labute approximate surface area is 104 Å². The van der Waals surface area contributed by atoms with Crippen molar-refractivity contribution < 1.29 is 30.0 Å². The molecule has 0 saturated heterocycles. The van der Waals surface area contributed by atoms with Gasteiger partial charge in [-0.05, 0) is 13.1 Å². The van der Waals surface area contributed by atoms with Gasteiger partial charge >= 0.3 is 0 Å². The molecule has 8 nitrogen and oxygen atoms in total. The van der Waals surface area contributed by atoms with Gasteiger partial charge in [-0.2, -0.15) is 0 Å². The van der Waals surface area contributed by atoms with Crippen molar-refractivity contribution in [3.8, 4) is 0 Å². The van der Waals surface area contributed by atoms with E-state index in [-0.39, 0.29) is 6.54 Å². The predicted octanol–water partition coefficient (Wildman–Crippen LogP) is -2.82. The van der Waals surface area contributed by atoms with Crippen molar-refractivity contribution in [2.75, 3.05) is 6.54 Å². The van der Waals surface area contributed by atoms with Crippen molar-refractivity contribution in [3.05, 3.63) is 0 Å². The van der Waals surface area contributed by atoms with Crippen LogP contribution in [0.25, 0.3) is 0 Å². The van der Waals surface area contributed by atoms with Crippen molar-refractivity contribution in [1.29, 1.82) is 0 Å². The summed E-state index contributed by atoms with van der Waals surface area (Å²) in [5, 5.41) is 39.7. The summed E-state index contributed by atoms with van der Waals surface area (Å²) < 4.78 is 0. The maximum atomic E-state index is 11.3. The summed E-state index contributed by atoms with van der Waals surface area (Å²) in [6.45, 7) is 4.92. The zero-order valence-electron chi connectivity index (χ0n) is 9.98. The fraction of sp³-hybridized carbons (Fsp3) is 0.700. The summed E-state index contributed by atoms with van der Waals surface area (Å²) >= 11 is 0. The Morgan fingerprint density at radius 1 is 1.17 bits per heavy atom. The van der Waals surface area contributed by atoms with Crippen molar-refractivity contribution in [2.45, 2.75) is 37.8 Å². The smallest absolute Gasteiger partial charge is 0.276 e. The van der Waals surface area contributed by atoms with Gasteiger partial charge in [-0.3, -0.25) is 9.59 Å². The topological polar surface area (TPSA) is 139 Å². The van der Waals surface area contributed by atoms with E-state index in [2.05, 4.69) is 17.0 Å². The largest absolute Gasteiger partial charge is 0.387 e. The molecule has 5 N–H and O–H groups in total. The molecule has 0 fully saturated rings. The number of aliphatic hydroxyl groups is 4. The molecule has 0 aliphatic rings. The monoisotopic (exact) mass is 262 g/mol. The maximum absolute atomic E-state index is 11.3. The lowest BCUT2D eigenvalue weighted by atomic mass is 10.0. The highest BCUT2D eigenvalue weighted by Gasteiger charge is 2.36. The number of aliphatic imine (C=N–C) groups is 1. The van der Waals surface area contributed by atoms with Crippen LogP contribution in [0.3, 0.4) is 0 Å². The third-order valence-corrected chi connectivity index (χ3v) is 2.22. The zero-order chi connectivity index (χ0) is 14.3. The minimum atomic E-state index is -2.05. The summed E-state index contributed by atoms with van der Waals surface area (Å²) in [6.07, 6.45) is -7.43. The van der Waals surface area contributed by atoms with E-state index in [0.717, 1.165) is 0 Å². The average Bonchev–Trinajstić information content (AvgIpc) is 2.40. The van der Waals surface area contributed by atoms with Crippen LogP contribution in [0.2, 0.25) is 0 Å². The Morgan fingerprint density at radius 3 is 2.11 bits per heavy atom. The third-order valence-electron chi connectivity index (χ3n) is 2.22. The molecule has 0 aromatic carbocycles. The summed E-state index contributed by atoms with van der Waals surface area (Å²) in [5.74, 6) is -2.07. The fourth-order valence-electron chi connectivity index (χ4n) is 1.12. The van der Waals surface area contributed by atoms with Crippen LogP contribution in [0, 0.1) is 0 Å². The molecule has 0 heterocycles. The molecule has 0 aromatic rings. The molecule has 0 aromatic heterocycles. The summed E-state index contributed by atoms with van der Waals surface area (Å²) in [7, 11) is 0. The first-order valence-corrected chi connectivity index (χ1v) is 5.37. The van der Waals surface area contributed by atoms with E-state index in [1.807, 2.05) is 0 Å². The van der Waals surface area contributed by atoms with E-state index in [9.17, 15) is 30.0 Å². The van der Waals surface area contributed by atoms with Gasteiger partial charge in [0, 0.05) is 6.54 Å². The number of carbonyl (C=O) groups excluding carboxylic acids is 2. The Kier molecular flexibility index (Phi) is 7.29. The average molecular weight is 262 g/mol. The molecular weight excluding hydrogens is 244 g/mol. The van der Waals surface area contributed by atoms with Crippen molar-refractivity contribution in [2.24, 2.45) is 4.99 Å². The van der Waals surface area contributed by atoms with Crippen LogP contribution < -0.4 is 5.32 Å². The number of aliphatic hydroxyl groups excluding tert-OH is 4. The molecule has 18 heavy (non-hydrogen) atoms. The molecule has 0 radical (unpaired) electrons. The van der Waals surface area contributed by atoms with E-state index in [1.165, 1.54) is 0 Å². The molecule has 0 spiro atoms. The third kappa shape index (κ3) is 4.49. The fourth-order valence-corrected chi connectivity index (χ4v) is 1.12. The quantitative estimate of drug-likeness (QED) is 0.314. The first-order valence-electron chi connectivity index (χ1n) is 5.37. The number of hydrogen-bond acceptors (Lipinski definition) is 6. The van der Waals surface area contributed by atoms with Gasteiger partial charge < -0.3 is 25.7 Å². The number of nitrogens with one attached hydrogen (secondary N) is 1. The molecule has 8 heteroatoms. The normalized spacial score (nSPS) is 17.4. The molecule has 0 rings (SSSR count). The molecule has 0 bridgehead atoms. The van der Waals surface area contributed by atoms with E-state index in [4.69, 9.17) is 0 Å². The number of nitrogens with zero attached hydrogens (tertiary/aromatic N) is 1. The van der Waals surface area contributed by atoms with Gasteiger partial charge in [0.05, 0.1) is 0 Å². The molecule has 4 atom stereocenters. The number of amides is 2. The Bertz CT molecular complexity index is 309. The summed E-state index contributed by atoms with van der Waals surface area (Å²) in [4.78, 5) is 25.0. The van der Waals surface area contributed by atoms with Crippen LogP contribution in [0.1, 0.15) is 13.3 Å². The molecule has 104 valence electrons. The van der Waals surface area contributed by atoms with Crippen LogP contribution in [-0.2, 0) is 9.59 Å². The Hall–Kier alpha value is -1.35. The zero-order valence-corrected chi connectivity index (χ0v) is 9.98. The van der Waals surface area contributed by atoms with E-state index >= 15 is 0 Å². The molecular formula is C10H18N2O6. The van der Waals surface area contributed by atoms with E-state index in [1.54, 1.807) is 6.92 Å². The van der Waals surface area contributed by atoms with Gasteiger partial charge in [0.2, 0.25) is 0 Å². The first-order chi connectivity index (χ1) is 8.36. The highest BCUT2D eigenvalue weighted by molar-refractivity contribution is 5.85. The minimum Gasteiger partial charge on any atom is -0.387 e. The molecule has 0 aliphatic heterocycles. The van der Waals surface area contributed by atoms with E-state index in [0.29, 0.717) is 6.42 Å². The van der Waals surface area contributed by atoms with Gasteiger partial charge in [0.25, 0.3) is 11.8 Å². The molecule has 2 amide bonds. The van der Waals surface area contributed by atoms with Gasteiger partial charge in [0.15, 0.2) is 12.2 Å². The summed E-state index contributed by atoms with van der Waals surface area (Å²) in [5.41, 5.74) is 0. The Morgan fingerprint density at radius 2 is 1.67 bits per heavy atom. The number of hydrogen-bond donors (Lipinski definition) is 5. The maximum Gasteiger partial charge on any atom is 0.276 e. The van der Waals surface area contributed by atoms with Crippen LogP contribution in [-0.4, -0.2) is 69.9 Å².